The van der Waals surface area contributed by atoms with Crippen molar-refractivity contribution >= 4 is 0 Å². The van der Waals surface area contributed by atoms with Crippen molar-refractivity contribution in [2.45, 2.75) is 70.9 Å². The monoisotopic (exact) mass is 295 g/mol. The van der Waals surface area contributed by atoms with Gasteiger partial charge in [0.15, 0.2) is 0 Å². The first-order valence-corrected chi connectivity index (χ1v) is 9.13. The molecule has 0 bridgehead atoms. The number of hydrogen-bond donors (Lipinski definition) is 1. The maximum absolute atomic E-state index is 3.58. The molecular weight excluding hydrogens is 258 g/mol. The van der Waals surface area contributed by atoms with E-state index in [0.717, 1.165) is 12.0 Å². The quantitative estimate of drug-likeness (QED) is 0.760. The molecule has 2 rings (SSSR count). The first kappa shape index (κ1) is 17.2. The van der Waals surface area contributed by atoms with Gasteiger partial charge in [-0.1, -0.05) is 6.42 Å². The highest BCUT2D eigenvalue weighted by Crippen LogP contribution is 2.29. The van der Waals surface area contributed by atoms with Crippen LogP contribution in [0.3, 0.4) is 0 Å². The predicted octanol–water partition coefficient (Wildman–Crippen LogP) is 2.96. The van der Waals surface area contributed by atoms with Crippen LogP contribution in [0, 0.1) is 5.92 Å². The molecule has 2 atom stereocenters. The number of nitrogens with zero attached hydrogens (tertiary/aromatic N) is 2. The molecule has 3 heteroatoms. The summed E-state index contributed by atoms with van der Waals surface area (Å²) in [7, 11) is 2.33. The van der Waals surface area contributed by atoms with Crippen LogP contribution in [0.1, 0.15) is 59.3 Å². The molecule has 0 aromatic rings. The molecule has 0 radical (unpaired) electrons. The second-order valence-electron chi connectivity index (χ2n) is 8.28. The molecule has 2 unspecified atom stereocenters. The lowest BCUT2D eigenvalue weighted by Gasteiger charge is -2.46. The van der Waals surface area contributed by atoms with Crippen LogP contribution >= 0.6 is 0 Å². The second kappa shape index (κ2) is 7.94. The standard InChI is InChI=1S/C18H37N3/c1-18(2,3)19-11-6-5-7-13-21-14-10-17-16(15-21)9-8-12-20(17)4/h16-17,19H,5-15H2,1-4H3. The van der Waals surface area contributed by atoms with Gasteiger partial charge < -0.3 is 15.1 Å². The highest BCUT2D eigenvalue weighted by molar-refractivity contribution is 4.89. The highest BCUT2D eigenvalue weighted by Gasteiger charge is 2.33. The van der Waals surface area contributed by atoms with Crippen LogP contribution in [0.15, 0.2) is 0 Å². The molecule has 2 fully saturated rings. The number of rotatable bonds is 6. The molecule has 0 aromatic heterocycles. The summed E-state index contributed by atoms with van der Waals surface area (Å²) >= 11 is 0. The zero-order valence-electron chi connectivity index (χ0n) is 14.8. The Kier molecular flexibility index (Phi) is 6.51. The van der Waals surface area contributed by atoms with Crippen molar-refractivity contribution < 1.29 is 0 Å². The minimum absolute atomic E-state index is 0.273. The Morgan fingerprint density at radius 1 is 1.05 bits per heavy atom. The molecule has 3 nitrogen and oxygen atoms in total. The van der Waals surface area contributed by atoms with Crippen LogP contribution < -0.4 is 5.32 Å². The van der Waals surface area contributed by atoms with E-state index in [1.165, 1.54) is 71.2 Å². The van der Waals surface area contributed by atoms with E-state index >= 15 is 0 Å². The van der Waals surface area contributed by atoms with E-state index in [-0.39, 0.29) is 5.54 Å². The topological polar surface area (TPSA) is 18.5 Å². The summed E-state index contributed by atoms with van der Waals surface area (Å²) in [6.45, 7) is 13.2. The molecule has 2 saturated heterocycles. The Morgan fingerprint density at radius 3 is 2.62 bits per heavy atom. The number of fused-ring (bicyclic) bond motifs is 1. The third-order valence-electron chi connectivity index (χ3n) is 5.24. The zero-order chi connectivity index (χ0) is 15.3. The van der Waals surface area contributed by atoms with E-state index < -0.39 is 0 Å². The molecule has 1 N–H and O–H groups in total. The number of unbranched alkanes of at least 4 members (excludes halogenated alkanes) is 2. The van der Waals surface area contributed by atoms with Crippen molar-refractivity contribution in [2.75, 3.05) is 39.8 Å². The van der Waals surface area contributed by atoms with E-state index in [1.807, 2.05) is 0 Å². The summed E-state index contributed by atoms with van der Waals surface area (Å²) in [5, 5.41) is 3.58. The van der Waals surface area contributed by atoms with Gasteiger partial charge in [-0.3, -0.25) is 0 Å². The lowest BCUT2D eigenvalue weighted by molar-refractivity contribution is 0.0380. The van der Waals surface area contributed by atoms with E-state index in [0.29, 0.717) is 0 Å². The summed E-state index contributed by atoms with van der Waals surface area (Å²) in [6.07, 6.45) is 8.32. The van der Waals surface area contributed by atoms with Crippen molar-refractivity contribution in [3.05, 3.63) is 0 Å². The molecule has 0 saturated carbocycles. The fourth-order valence-corrected chi connectivity index (χ4v) is 4.03. The van der Waals surface area contributed by atoms with Crippen LogP contribution in [-0.4, -0.2) is 61.2 Å². The van der Waals surface area contributed by atoms with Gasteiger partial charge in [-0.25, -0.2) is 0 Å². The number of nitrogens with one attached hydrogen (secondary N) is 1. The fourth-order valence-electron chi connectivity index (χ4n) is 4.03. The highest BCUT2D eigenvalue weighted by atomic mass is 15.2. The second-order valence-corrected chi connectivity index (χ2v) is 8.28. The van der Waals surface area contributed by atoms with E-state index in [9.17, 15) is 0 Å². The Bertz CT molecular complexity index is 297. The van der Waals surface area contributed by atoms with Gasteiger partial charge in [0, 0.05) is 18.1 Å². The molecular formula is C18H37N3. The average molecular weight is 296 g/mol. The lowest BCUT2D eigenvalue weighted by atomic mass is 9.84. The van der Waals surface area contributed by atoms with Crippen LogP contribution in [-0.2, 0) is 0 Å². The summed E-state index contributed by atoms with van der Waals surface area (Å²) in [4.78, 5) is 5.35. The molecule has 21 heavy (non-hydrogen) atoms. The maximum atomic E-state index is 3.58. The van der Waals surface area contributed by atoms with Crippen LogP contribution in [0.25, 0.3) is 0 Å². The minimum Gasteiger partial charge on any atom is -0.312 e. The number of likely N-dealkylation sites (tertiary alicyclic amines) is 2. The summed E-state index contributed by atoms with van der Waals surface area (Å²) in [5.41, 5.74) is 0.273. The van der Waals surface area contributed by atoms with Gasteiger partial charge in [0.2, 0.25) is 0 Å². The molecule has 2 aliphatic heterocycles. The number of hydrogen-bond acceptors (Lipinski definition) is 3. The van der Waals surface area contributed by atoms with Gasteiger partial charge in [0.25, 0.3) is 0 Å². The van der Waals surface area contributed by atoms with Gasteiger partial charge in [-0.2, -0.15) is 0 Å². The van der Waals surface area contributed by atoms with Crippen LogP contribution in [0.5, 0.6) is 0 Å². The molecule has 0 aliphatic carbocycles. The van der Waals surface area contributed by atoms with Crippen molar-refractivity contribution in [2.24, 2.45) is 5.92 Å². The molecule has 0 spiro atoms. The van der Waals surface area contributed by atoms with E-state index in [2.05, 4.69) is 42.9 Å². The van der Waals surface area contributed by atoms with Crippen LogP contribution in [0.2, 0.25) is 0 Å². The molecule has 2 aliphatic rings. The first-order chi connectivity index (χ1) is 9.96. The SMILES string of the molecule is CN1CCCC2CN(CCCCCNC(C)(C)C)CCC21. The maximum Gasteiger partial charge on any atom is 0.0145 e. The zero-order valence-corrected chi connectivity index (χ0v) is 14.8. The Balaban J connectivity index is 1.56. The first-order valence-electron chi connectivity index (χ1n) is 9.13. The predicted molar refractivity (Wildman–Crippen MR) is 91.8 cm³/mol. The molecule has 0 amide bonds. The van der Waals surface area contributed by atoms with Crippen LogP contribution in [0.4, 0.5) is 0 Å². The minimum atomic E-state index is 0.273. The van der Waals surface area contributed by atoms with Crippen molar-refractivity contribution in [3.63, 3.8) is 0 Å². The number of piperidine rings is 2. The average Bonchev–Trinajstić information content (AvgIpc) is 2.42. The third-order valence-corrected chi connectivity index (χ3v) is 5.24. The molecule has 2 heterocycles. The molecule has 0 aromatic carbocycles. The van der Waals surface area contributed by atoms with E-state index in [1.54, 1.807) is 0 Å². The Hall–Kier alpha value is -0.120. The van der Waals surface area contributed by atoms with Crippen molar-refractivity contribution in [1.82, 2.24) is 15.1 Å². The fraction of sp³-hybridized carbons (Fsp3) is 1.00. The third kappa shape index (κ3) is 5.88. The molecule has 124 valence electrons. The summed E-state index contributed by atoms with van der Waals surface area (Å²) < 4.78 is 0. The Labute approximate surface area is 132 Å². The van der Waals surface area contributed by atoms with Gasteiger partial charge >= 0.3 is 0 Å². The smallest absolute Gasteiger partial charge is 0.0145 e. The van der Waals surface area contributed by atoms with Crippen molar-refractivity contribution in [3.8, 4) is 0 Å². The van der Waals surface area contributed by atoms with Gasteiger partial charge in [0.05, 0.1) is 0 Å². The summed E-state index contributed by atoms with van der Waals surface area (Å²) in [6, 6.07) is 0.881. The largest absolute Gasteiger partial charge is 0.312 e. The van der Waals surface area contributed by atoms with Gasteiger partial charge in [0.1, 0.15) is 0 Å². The van der Waals surface area contributed by atoms with E-state index in [4.69, 9.17) is 0 Å². The lowest BCUT2D eigenvalue weighted by Crippen LogP contribution is -2.52. The summed E-state index contributed by atoms with van der Waals surface area (Å²) in [5.74, 6) is 0.944. The van der Waals surface area contributed by atoms with Crippen molar-refractivity contribution in [1.29, 1.82) is 0 Å². The van der Waals surface area contributed by atoms with Gasteiger partial charge in [-0.05, 0) is 92.0 Å². The normalized spacial score (nSPS) is 28.6. The Morgan fingerprint density at radius 2 is 1.86 bits per heavy atom. The van der Waals surface area contributed by atoms with Gasteiger partial charge in [-0.15, -0.1) is 0 Å².